The number of rotatable bonds is 7. The molecule has 0 amide bonds. The summed E-state index contributed by atoms with van der Waals surface area (Å²) in [6.07, 6.45) is 3.84. The lowest BCUT2D eigenvalue weighted by atomic mass is 10.1. The van der Waals surface area contributed by atoms with Crippen LogP contribution in [-0.2, 0) is 10.0 Å². The zero-order valence-corrected chi connectivity index (χ0v) is 13.1. The number of ether oxygens (including phenoxy) is 1. The van der Waals surface area contributed by atoms with Crippen molar-refractivity contribution in [2.75, 3.05) is 26.2 Å². The molecule has 1 aromatic carbocycles. The van der Waals surface area contributed by atoms with Gasteiger partial charge in [0.25, 0.3) is 0 Å². The average molecular weight is 310 g/mol. The summed E-state index contributed by atoms with van der Waals surface area (Å²) < 4.78 is 32.5. The van der Waals surface area contributed by atoms with Gasteiger partial charge in [-0.2, -0.15) is 0 Å². The molecule has 0 aromatic heterocycles. The topological polar surface area (TPSA) is 67.4 Å². The summed E-state index contributed by atoms with van der Waals surface area (Å²) in [5.74, 6) is 0.692. The van der Waals surface area contributed by atoms with Gasteiger partial charge in [-0.1, -0.05) is 18.6 Å². The molecule has 1 aliphatic rings. The van der Waals surface area contributed by atoms with Gasteiger partial charge in [0.15, 0.2) is 0 Å². The number of benzene rings is 1. The molecule has 1 aliphatic heterocycles. The highest BCUT2D eigenvalue weighted by Gasteiger charge is 2.14. The van der Waals surface area contributed by atoms with E-state index in [2.05, 4.69) is 10.0 Å². The highest BCUT2D eigenvalue weighted by atomic mass is 32.2. The van der Waals surface area contributed by atoms with E-state index in [1.165, 1.54) is 0 Å². The second kappa shape index (κ2) is 7.59. The quantitative estimate of drug-likeness (QED) is 0.752. The van der Waals surface area contributed by atoms with Crippen LogP contribution in [0.5, 0.6) is 5.75 Å². The summed E-state index contributed by atoms with van der Waals surface area (Å²) in [7, 11) is -3.46. The van der Waals surface area contributed by atoms with Crippen LogP contribution < -0.4 is 14.8 Å². The Hall–Kier alpha value is -1.37. The van der Waals surface area contributed by atoms with E-state index < -0.39 is 10.0 Å². The molecule has 5 nitrogen and oxygen atoms in total. The Labute approximate surface area is 126 Å². The van der Waals surface area contributed by atoms with Gasteiger partial charge in [0, 0.05) is 13.1 Å². The van der Waals surface area contributed by atoms with E-state index in [9.17, 15) is 8.42 Å². The van der Waals surface area contributed by atoms with Gasteiger partial charge in [-0.25, -0.2) is 13.1 Å². The van der Waals surface area contributed by atoms with Crippen molar-refractivity contribution in [3.8, 4) is 5.75 Å². The summed E-state index contributed by atoms with van der Waals surface area (Å²) in [6.45, 7) is 4.74. The van der Waals surface area contributed by atoms with Gasteiger partial charge in [-0.15, -0.1) is 0 Å². The van der Waals surface area contributed by atoms with Crippen molar-refractivity contribution in [2.24, 2.45) is 0 Å². The van der Waals surface area contributed by atoms with Gasteiger partial charge in [-0.05, 0) is 43.7 Å². The molecule has 116 valence electrons. The molecule has 6 heteroatoms. The Morgan fingerprint density at radius 2 is 2.05 bits per heavy atom. The molecular weight excluding hydrogens is 288 g/mol. The van der Waals surface area contributed by atoms with Crippen molar-refractivity contribution in [3.63, 3.8) is 0 Å². The molecule has 1 aromatic rings. The predicted molar refractivity (Wildman–Crippen MR) is 83.0 cm³/mol. The molecule has 1 heterocycles. The second-order valence-corrected chi connectivity index (χ2v) is 6.73. The van der Waals surface area contributed by atoms with Crippen LogP contribution in [0, 0.1) is 0 Å². The van der Waals surface area contributed by atoms with E-state index in [1.54, 1.807) is 24.3 Å². The summed E-state index contributed by atoms with van der Waals surface area (Å²) in [5.41, 5.74) is 1.13. The zero-order chi connectivity index (χ0) is 15.1. The van der Waals surface area contributed by atoms with Gasteiger partial charge < -0.3 is 10.1 Å². The van der Waals surface area contributed by atoms with E-state index in [-0.39, 0.29) is 4.90 Å². The number of sulfonamides is 1. The lowest BCUT2D eigenvalue weighted by Gasteiger charge is -2.15. The van der Waals surface area contributed by atoms with Crippen LogP contribution >= 0.6 is 0 Å². The van der Waals surface area contributed by atoms with Gasteiger partial charge in [0.1, 0.15) is 5.75 Å². The van der Waals surface area contributed by atoms with Gasteiger partial charge in [0.05, 0.1) is 11.5 Å². The van der Waals surface area contributed by atoms with Crippen molar-refractivity contribution in [3.05, 3.63) is 35.9 Å². The first kappa shape index (κ1) is 16.0. The molecule has 2 N–H and O–H groups in total. The molecule has 0 aliphatic carbocycles. The van der Waals surface area contributed by atoms with Crippen LogP contribution in [0.3, 0.4) is 0 Å². The van der Waals surface area contributed by atoms with Crippen LogP contribution in [0.25, 0.3) is 0 Å². The Morgan fingerprint density at radius 1 is 1.29 bits per heavy atom. The van der Waals surface area contributed by atoms with E-state index in [4.69, 9.17) is 4.74 Å². The fraction of sp³-hybridized carbons (Fsp3) is 0.467. The van der Waals surface area contributed by atoms with E-state index in [1.807, 2.05) is 13.0 Å². The van der Waals surface area contributed by atoms with Crippen LogP contribution in [0.2, 0.25) is 0 Å². The molecule has 0 fully saturated rings. The molecule has 21 heavy (non-hydrogen) atoms. The first-order valence-electron chi connectivity index (χ1n) is 7.23. The largest absolute Gasteiger partial charge is 0.494 e. The lowest BCUT2D eigenvalue weighted by Crippen LogP contribution is -2.29. The molecule has 0 bridgehead atoms. The van der Waals surface area contributed by atoms with Gasteiger partial charge in [-0.3, -0.25) is 0 Å². The Kier molecular flexibility index (Phi) is 5.78. The van der Waals surface area contributed by atoms with Gasteiger partial charge in [0.2, 0.25) is 10.0 Å². The third-order valence-electron chi connectivity index (χ3n) is 3.25. The normalized spacial score (nSPS) is 15.6. The lowest BCUT2D eigenvalue weighted by molar-refractivity contribution is 0.317. The van der Waals surface area contributed by atoms with Crippen molar-refractivity contribution in [1.82, 2.24) is 10.0 Å². The summed E-state index contributed by atoms with van der Waals surface area (Å²) in [4.78, 5) is 0.265. The summed E-state index contributed by atoms with van der Waals surface area (Å²) >= 11 is 0. The first-order valence-corrected chi connectivity index (χ1v) is 8.71. The summed E-state index contributed by atoms with van der Waals surface area (Å²) in [6, 6.07) is 6.52. The van der Waals surface area contributed by atoms with Crippen LogP contribution in [0.15, 0.2) is 40.8 Å². The monoisotopic (exact) mass is 310 g/mol. The van der Waals surface area contributed by atoms with Crippen LogP contribution in [0.4, 0.5) is 0 Å². The molecule has 2 rings (SSSR count). The molecule has 0 radical (unpaired) electrons. The first-order chi connectivity index (χ1) is 10.1. The van der Waals surface area contributed by atoms with Crippen molar-refractivity contribution < 1.29 is 13.2 Å². The maximum atomic E-state index is 12.2. The Bertz CT molecular complexity index is 579. The SMILES string of the molecule is CCCOc1ccc(S(=O)(=O)NCC2=CCNCC2)cc1. The molecule has 0 spiro atoms. The minimum Gasteiger partial charge on any atom is -0.494 e. The van der Waals surface area contributed by atoms with E-state index in [0.29, 0.717) is 18.9 Å². The zero-order valence-electron chi connectivity index (χ0n) is 12.3. The molecule has 0 saturated carbocycles. The average Bonchev–Trinajstić information content (AvgIpc) is 2.52. The number of hydrogen-bond acceptors (Lipinski definition) is 4. The Morgan fingerprint density at radius 3 is 2.67 bits per heavy atom. The number of nitrogens with one attached hydrogen (secondary N) is 2. The standard InChI is InChI=1S/C15H22N2O3S/c1-2-11-20-14-3-5-15(6-4-14)21(18,19)17-12-13-7-9-16-10-8-13/h3-7,16-17H,2,8-12H2,1H3. The van der Waals surface area contributed by atoms with Crippen LogP contribution in [-0.4, -0.2) is 34.7 Å². The maximum Gasteiger partial charge on any atom is 0.240 e. The molecular formula is C15H22N2O3S. The van der Waals surface area contributed by atoms with Crippen molar-refractivity contribution in [1.29, 1.82) is 0 Å². The second-order valence-electron chi connectivity index (χ2n) is 4.96. The number of hydrogen-bond donors (Lipinski definition) is 2. The minimum absolute atomic E-state index is 0.265. The fourth-order valence-electron chi connectivity index (χ4n) is 2.04. The third kappa shape index (κ3) is 4.84. The van der Waals surface area contributed by atoms with Gasteiger partial charge >= 0.3 is 0 Å². The van der Waals surface area contributed by atoms with Crippen molar-refractivity contribution >= 4 is 10.0 Å². The highest BCUT2D eigenvalue weighted by molar-refractivity contribution is 7.89. The van der Waals surface area contributed by atoms with E-state index >= 15 is 0 Å². The van der Waals surface area contributed by atoms with E-state index in [0.717, 1.165) is 31.5 Å². The molecule has 0 unspecified atom stereocenters. The highest BCUT2D eigenvalue weighted by Crippen LogP contribution is 2.16. The van der Waals surface area contributed by atoms with Crippen LogP contribution in [0.1, 0.15) is 19.8 Å². The van der Waals surface area contributed by atoms with Crippen molar-refractivity contribution in [2.45, 2.75) is 24.7 Å². The minimum atomic E-state index is -3.46. The fourth-order valence-corrected chi connectivity index (χ4v) is 3.07. The maximum absolute atomic E-state index is 12.2. The predicted octanol–water partition coefficient (Wildman–Crippen LogP) is 1.67. The Balaban J connectivity index is 1.96. The summed E-state index contributed by atoms with van der Waals surface area (Å²) in [5, 5.41) is 3.20. The molecule has 0 atom stereocenters. The molecule has 0 saturated heterocycles. The third-order valence-corrected chi connectivity index (χ3v) is 4.67. The smallest absolute Gasteiger partial charge is 0.240 e.